The molecule has 0 unspecified atom stereocenters. The summed E-state index contributed by atoms with van der Waals surface area (Å²) < 4.78 is 109. The third-order valence-corrected chi connectivity index (χ3v) is 13.2. The van der Waals surface area contributed by atoms with E-state index in [1.165, 1.54) is 31.3 Å². The van der Waals surface area contributed by atoms with Crippen LogP contribution in [0.5, 0.6) is 0 Å². The molecule has 3 heterocycles. The first kappa shape index (κ1) is 36.0. The lowest BCUT2D eigenvalue weighted by atomic mass is 9.84. The molecule has 0 saturated heterocycles. The Bertz CT molecular complexity index is 2590. The number of halogens is 2. The normalized spacial score (nSPS) is 14.7. The van der Waals surface area contributed by atoms with E-state index in [0.29, 0.717) is 50.4 Å². The van der Waals surface area contributed by atoms with E-state index in [-0.39, 0.29) is 37.0 Å². The highest BCUT2D eigenvalue weighted by Gasteiger charge is 2.40. The second-order valence-corrected chi connectivity index (χ2v) is 17.4. The molecule has 11 nitrogen and oxygen atoms in total. The fourth-order valence-corrected chi connectivity index (χ4v) is 9.68. The van der Waals surface area contributed by atoms with Gasteiger partial charge in [-0.05, 0) is 43.7 Å². The number of carbonyl (C=O) groups is 1. The number of rotatable bonds is 7. The number of benzene rings is 3. The second-order valence-electron chi connectivity index (χ2n) is 11.8. The quantitative estimate of drug-likeness (QED) is 0.0580. The highest BCUT2D eigenvalue weighted by molar-refractivity contribution is 8.00. The van der Waals surface area contributed by atoms with Gasteiger partial charge < -0.3 is 14.4 Å². The van der Waals surface area contributed by atoms with Crippen LogP contribution in [-0.2, 0) is 30.6 Å². The van der Waals surface area contributed by atoms with Gasteiger partial charge in [0.1, 0.15) is 32.1 Å². The number of anilines is 1. The smallest absolute Gasteiger partial charge is 0.313 e. The van der Waals surface area contributed by atoms with Crippen LogP contribution in [-0.4, -0.2) is 56.9 Å². The molecular formula is C32H26F2N2O9S5. The van der Waals surface area contributed by atoms with Gasteiger partial charge in [0, 0.05) is 79.8 Å². The van der Waals surface area contributed by atoms with Gasteiger partial charge in [-0.15, -0.1) is 35.7 Å². The van der Waals surface area contributed by atoms with Gasteiger partial charge in [0.15, 0.2) is 0 Å². The minimum Gasteiger partial charge on any atom is -0.481 e. The van der Waals surface area contributed by atoms with E-state index in [1.54, 1.807) is 13.1 Å². The summed E-state index contributed by atoms with van der Waals surface area (Å²) in [4.78, 5) is 16.1. The molecule has 3 N–H and O–H groups in total. The number of thiophene rings is 1. The number of hydrogen-bond donors (Lipinski definition) is 4. The highest BCUT2D eigenvalue weighted by Crippen LogP contribution is 2.54. The summed E-state index contributed by atoms with van der Waals surface area (Å²) in [6.45, 7) is 7.51. The molecule has 0 atom stereocenters. The van der Waals surface area contributed by atoms with Gasteiger partial charge in [0.2, 0.25) is 0 Å². The first-order valence-corrected chi connectivity index (χ1v) is 19.4. The minimum atomic E-state index is -5.49. The van der Waals surface area contributed by atoms with Gasteiger partial charge in [-0.1, -0.05) is 6.58 Å². The van der Waals surface area contributed by atoms with Gasteiger partial charge in [-0.25, -0.2) is 8.78 Å². The molecule has 3 aromatic rings. The number of nitrogens with zero attached hydrogens (tertiary/aromatic N) is 2. The summed E-state index contributed by atoms with van der Waals surface area (Å²) in [6.07, 6.45) is 0. The van der Waals surface area contributed by atoms with Crippen LogP contribution in [0.15, 0.2) is 66.4 Å². The van der Waals surface area contributed by atoms with Crippen molar-refractivity contribution in [2.45, 2.75) is 33.4 Å². The Morgan fingerprint density at radius 1 is 1.06 bits per heavy atom. The maximum Gasteiger partial charge on any atom is 0.313 e. The summed E-state index contributed by atoms with van der Waals surface area (Å²) in [5.41, 5.74) is -0.175. The van der Waals surface area contributed by atoms with Crippen LogP contribution >= 0.6 is 35.7 Å². The molecule has 0 saturated carbocycles. The van der Waals surface area contributed by atoms with E-state index in [4.69, 9.17) is 4.42 Å². The van der Waals surface area contributed by atoms with Gasteiger partial charge in [-0.2, -0.15) is 16.8 Å². The average Bonchev–Trinajstić information content (AvgIpc) is 3.49. The predicted octanol–water partition coefficient (Wildman–Crippen LogP) is 7.00. The van der Waals surface area contributed by atoms with Crippen molar-refractivity contribution in [1.29, 1.82) is 0 Å². The number of hydrogen-bond acceptors (Lipinski definition) is 11. The SMILES string of the molecule is C=C(S)c1cc2c(-c3c(F)c(SCC(=O)O)cc(F)c3S(=O)(=O)O)c3cc4c(cc3oc-2cc1=NC)N(C)C(C)(C)c1cc(S(=O)(=O)O)sc1-4. The number of carboxylic acids is 1. The Labute approximate surface area is 298 Å². The van der Waals surface area contributed by atoms with Gasteiger partial charge in [0.25, 0.3) is 10.1 Å². The Balaban J connectivity index is 1.88. The molecule has 0 bridgehead atoms. The molecule has 50 heavy (non-hydrogen) atoms. The monoisotopic (exact) mass is 780 g/mol. The van der Waals surface area contributed by atoms with Crippen molar-refractivity contribution in [1.82, 2.24) is 0 Å². The third kappa shape index (κ3) is 5.81. The fraction of sp³-hybridized carbons (Fsp3) is 0.188. The maximum absolute atomic E-state index is 16.8. The topological polar surface area (TPSA) is 175 Å². The number of thiol groups is 1. The second kappa shape index (κ2) is 12.2. The minimum absolute atomic E-state index is 0.0117. The number of carboxylic acid groups (broad SMARTS) is 1. The molecule has 2 aromatic carbocycles. The standard InChI is InChI=1S/C32H26F2N2O9S5/c1-13(46)14-6-16-22(10-20(14)35-4)45-23-11-21-15(30-18(32(2,3)36(21)5)8-26(48-30)49(39,40)41)7-17(23)27(16)28-29(34)24(47-12-25(37)38)9-19(33)31(28)50(42,43)44/h6-11,46H,1,12H2,2-5H3,(H,37,38)(H,39,40,41)(H,42,43,44). The summed E-state index contributed by atoms with van der Waals surface area (Å²) in [6, 6.07) is 7.82. The Morgan fingerprint density at radius 2 is 1.74 bits per heavy atom. The highest BCUT2D eigenvalue weighted by atomic mass is 32.3. The van der Waals surface area contributed by atoms with Crippen LogP contribution < -0.4 is 10.3 Å². The van der Waals surface area contributed by atoms with Crippen molar-refractivity contribution < 1.29 is 49.0 Å². The van der Waals surface area contributed by atoms with E-state index < -0.39 is 64.5 Å². The molecule has 262 valence electrons. The van der Waals surface area contributed by atoms with Crippen molar-refractivity contribution in [2.24, 2.45) is 4.99 Å². The molecule has 2 aliphatic heterocycles. The zero-order chi connectivity index (χ0) is 36.8. The number of fused-ring (bicyclic) bond motifs is 5. The lowest BCUT2D eigenvalue weighted by Crippen LogP contribution is -2.41. The van der Waals surface area contributed by atoms with Gasteiger partial charge >= 0.3 is 16.1 Å². The van der Waals surface area contributed by atoms with Crippen molar-refractivity contribution in [3.8, 4) is 32.9 Å². The third-order valence-electron chi connectivity index (χ3n) is 8.57. The average molecular weight is 781 g/mol. The van der Waals surface area contributed by atoms with Crippen LogP contribution in [0.2, 0.25) is 0 Å². The van der Waals surface area contributed by atoms with E-state index >= 15 is 8.78 Å². The summed E-state index contributed by atoms with van der Waals surface area (Å²) in [5, 5.41) is 9.61. The van der Waals surface area contributed by atoms with E-state index in [9.17, 15) is 35.8 Å². The summed E-state index contributed by atoms with van der Waals surface area (Å²) in [7, 11) is -6.88. The maximum atomic E-state index is 16.8. The van der Waals surface area contributed by atoms with E-state index in [2.05, 4.69) is 24.2 Å². The molecule has 6 rings (SSSR count). The van der Waals surface area contributed by atoms with Crippen molar-refractivity contribution in [3.05, 3.63) is 71.1 Å². The molecule has 0 radical (unpaired) electrons. The van der Waals surface area contributed by atoms with E-state index in [1.807, 2.05) is 18.7 Å². The summed E-state index contributed by atoms with van der Waals surface area (Å²) in [5.74, 6) is -4.90. The first-order chi connectivity index (χ1) is 23.2. The molecular weight excluding hydrogens is 755 g/mol. The largest absolute Gasteiger partial charge is 0.481 e. The number of thioether (sulfide) groups is 1. The molecule has 0 amide bonds. The molecule has 3 aliphatic rings. The zero-order valence-electron chi connectivity index (χ0n) is 26.4. The lowest BCUT2D eigenvalue weighted by Gasteiger charge is -2.42. The lowest BCUT2D eigenvalue weighted by molar-refractivity contribution is -0.133. The van der Waals surface area contributed by atoms with Gasteiger partial charge in [-0.3, -0.25) is 18.9 Å². The Hall–Kier alpha value is -3.78. The summed E-state index contributed by atoms with van der Waals surface area (Å²) >= 11 is 5.54. The van der Waals surface area contributed by atoms with Crippen LogP contribution in [0.25, 0.3) is 48.8 Å². The number of aliphatic carboxylic acids is 1. The van der Waals surface area contributed by atoms with Crippen LogP contribution in [0.3, 0.4) is 0 Å². The molecule has 18 heteroatoms. The van der Waals surface area contributed by atoms with Gasteiger partial charge in [0.05, 0.1) is 16.6 Å². The van der Waals surface area contributed by atoms with E-state index in [0.717, 1.165) is 11.3 Å². The van der Waals surface area contributed by atoms with Crippen molar-refractivity contribution in [2.75, 3.05) is 24.7 Å². The zero-order valence-corrected chi connectivity index (χ0v) is 30.6. The van der Waals surface area contributed by atoms with Crippen LogP contribution in [0.1, 0.15) is 25.0 Å². The fourth-order valence-electron chi connectivity index (χ4n) is 6.04. The Kier molecular flexibility index (Phi) is 8.77. The van der Waals surface area contributed by atoms with Crippen LogP contribution in [0.4, 0.5) is 14.5 Å². The molecule has 0 fully saturated rings. The van der Waals surface area contributed by atoms with Crippen molar-refractivity contribution >= 4 is 83.5 Å². The first-order valence-electron chi connectivity index (χ1n) is 14.3. The van der Waals surface area contributed by atoms with Crippen LogP contribution in [0, 0.1) is 11.6 Å². The van der Waals surface area contributed by atoms with Crippen molar-refractivity contribution in [3.63, 3.8) is 0 Å². The molecule has 1 aromatic heterocycles. The predicted molar refractivity (Wildman–Crippen MR) is 190 cm³/mol. The molecule has 0 spiro atoms. The Morgan fingerprint density at radius 3 is 2.32 bits per heavy atom. The molecule has 1 aliphatic carbocycles.